The standard InChI is InChI=1S/C13H18N4O2/c14-9-5-3-4-8(12(15)18)11(9)17-7-2-1-6-10(17)13(16)19/h3-5,10H,1-2,6-7,14H2,(H2,15,18)(H2,16,19). The van der Waals surface area contributed by atoms with E-state index in [1.54, 1.807) is 23.1 Å². The van der Waals surface area contributed by atoms with Crippen molar-refractivity contribution >= 4 is 23.2 Å². The summed E-state index contributed by atoms with van der Waals surface area (Å²) in [5.74, 6) is -0.963. The number of amides is 2. The number of hydrogen-bond donors (Lipinski definition) is 3. The molecule has 1 heterocycles. The van der Waals surface area contributed by atoms with E-state index in [0.29, 0.717) is 29.9 Å². The second-order valence-electron chi connectivity index (χ2n) is 4.72. The Balaban J connectivity index is 2.49. The second-order valence-corrected chi connectivity index (χ2v) is 4.72. The van der Waals surface area contributed by atoms with Gasteiger partial charge in [-0.25, -0.2) is 0 Å². The van der Waals surface area contributed by atoms with Gasteiger partial charge in [0.1, 0.15) is 6.04 Å². The van der Waals surface area contributed by atoms with Crippen LogP contribution < -0.4 is 22.1 Å². The normalized spacial score (nSPS) is 19.2. The van der Waals surface area contributed by atoms with E-state index < -0.39 is 17.9 Å². The van der Waals surface area contributed by atoms with E-state index >= 15 is 0 Å². The molecule has 6 N–H and O–H groups in total. The van der Waals surface area contributed by atoms with Crippen LogP contribution in [0.15, 0.2) is 18.2 Å². The number of nitrogens with two attached hydrogens (primary N) is 3. The number of benzene rings is 1. The lowest BCUT2D eigenvalue weighted by Crippen LogP contribution is -2.48. The van der Waals surface area contributed by atoms with E-state index in [1.807, 2.05) is 0 Å². The molecule has 0 saturated carbocycles. The van der Waals surface area contributed by atoms with Crippen LogP contribution in [0, 0.1) is 0 Å². The molecule has 1 aromatic rings. The Hall–Kier alpha value is -2.24. The van der Waals surface area contributed by atoms with Gasteiger partial charge in [-0.05, 0) is 31.4 Å². The van der Waals surface area contributed by atoms with Crippen molar-refractivity contribution in [2.75, 3.05) is 17.2 Å². The molecule has 19 heavy (non-hydrogen) atoms. The molecular formula is C13H18N4O2. The molecule has 102 valence electrons. The smallest absolute Gasteiger partial charge is 0.250 e. The van der Waals surface area contributed by atoms with Crippen LogP contribution in [0.4, 0.5) is 11.4 Å². The van der Waals surface area contributed by atoms with E-state index in [0.717, 1.165) is 12.8 Å². The molecule has 1 saturated heterocycles. The summed E-state index contributed by atoms with van der Waals surface area (Å²) in [6.45, 7) is 0.641. The Bertz CT molecular complexity index is 515. The average Bonchev–Trinajstić information content (AvgIpc) is 2.38. The molecule has 1 unspecified atom stereocenters. The molecule has 0 bridgehead atoms. The van der Waals surface area contributed by atoms with Gasteiger partial charge in [-0.3, -0.25) is 9.59 Å². The third-order valence-corrected chi connectivity index (χ3v) is 3.45. The fraction of sp³-hybridized carbons (Fsp3) is 0.385. The van der Waals surface area contributed by atoms with Crippen molar-refractivity contribution in [3.05, 3.63) is 23.8 Å². The first-order valence-corrected chi connectivity index (χ1v) is 6.26. The third-order valence-electron chi connectivity index (χ3n) is 3.45. The van der Waals surface area contributed by atoms with Crippen LogP contribution in [0.1, 0.15) is 29.6 Å². The van der Waals surface area contributed by atoms with Gasteiger partial charge in [0, 0.05) is 6.54 Å². The summed E-state index contributed by atoms with van der Waals surface area (Å²) in [6, 6.07) is 4.54. The molecule has 0 radical (unpaired) electrons. The Morgan fingerprint density at radius 2 is 1.95 bits per heavy atom. The van der Waals surface area contributed by atoms with Gasteiger partial charge in [0.15, 0.2) is 0 Å². The van der Waals surface area contributed by atoms with Crippen molar-refractivity contribution < 1.29 is 9.59 Å². The van der Waals surface area contributed by atoms with Crippen LogP contribution in [0.25, 0.3) is 0 Å². The molecule has 1 aromatic carbocycles. The van der Waals surface area contributed by atoms with Crippen molar-refractivity contribution in [1.82, 2.24) is 0 Å². The highest BCUT2D eigenvalue weighted by Crippen LogP contribution is 2.32. The van der Waals surface area contributed by atoms with Gasteiger partial charge in [-0.1, -0.05) is 6.07 Å². The van der Waals surface area contributed by atoms with Crippen LogP contribution in [0.3, 0.4) is 0 Å². The number of carbonyl (C=O) groups is 2. The van der Waals surface area contributed by atoms with Crippen molar-refractivity contribution in [2.24, 2.45) is 11.5 Å². The van der Waals surface area contributed by atoms with E-state index in [4.69, 9.17) is 17.2 Å². The highest BCUT2D eigenvalue weighted by Gasteiger charge is 2.30. The summed E-state index contributed by atoms with van der Waals surface area (Å²) in [7, 11) is 0. The predicted octanol–water partition coefficient (Wildman–Crippen LogP) is 0.212. The molecule has 1 fully saturated rings. The van der Waals surface area contributed by atoms with Crippen LogP contribution >= 0.6 is 0 Å². The molecule has 6 nitrogen and oxygen atoms in total. The van der Waals surface area contributed by atoms with Crippen LogP contribution in [0.2, 0.25) is 0 Å². The number of hydrogen-bond acceptors (Lipinski definition) is 4. The minimum absolute atomic E-state index is 0.327. The summed E-state index contributed by atoms with van der Waals surface area (Å²) in [6.07, 6.45) is 2.53. The maximum absolute atomic E-state index is 11.6. The number of nitrogen functional groups attached to an aromatic ring is 1. The third kappa shape index (κ3) is 2.47. The fourth-order valence-electron chi connectivity index (χ4n) is 2.58. The molecule has 2 amide bonds. The van der Waals surface area contributed by atoms with Gasteiger partial charge in [0.25, 0.3) is 5.91 Å². The number of piperidine rings is 1. The lowest BCUT2D eigenvalue weighted by molar-refractivity contribution is -0.119. The minimum atomic E-state index is -0.559. The molecule has 0 aromatic heterocycles. The average molecular weight is 262 g/mol. The summed E-state index contributed by atoms with van der Waals surface area (Å²) < 4.78 is 0. The first-order valence-electron chi connectivity index (χ1n) is 6.26. The first-order chi connectivity index (χ1) is 9.02. The lowest BCUT2D eigenvalue weighted by Gasteiger charge is -2.37. The Morgan fingerprint density at radius 3 is 2.58 bits per heavy atom. The summed E-state index contributed by atoms with van der Waals surface area (Å²) in [5.41, 5.74) is 18.0. The van der Waals surface area contributed by atoms with Crippen molar-refractivity contribution in [2.45, 2.75) is 25.3 Å². The molecule has 6 heteroatoms. The number of nitrogens with zero attached hydrogens (tertiary/aromatic N) is 1. The summed E-state index contributed by atoms with van der Waals surface area (Å²) >= 11 is 0. The molecular weight excluding hydrogens is 244 g/mol. The van der Waals surface area contributed by atoms with Gasteiger partial charge in [0.2, 0.25) is 5.91 Å². The Labute approximate surface area is 111 Å². The monoisotopic (exact) mass is 262 g/mol. The summed E-state index contributed by atoms with van der Waals surface area (Å²) in [5, 5.41) is 0. The van der Waals surface area contributed by atoms with Gasteiger partial charge >= 0.3 is 0 Å². The zero-order valence-electron chi connectivity index (χ0n) is 10.6. The van der Waals surface area contributed by atoms with E-state index in [2.05, 4.69) is 0 Å². The van der Waals surface area contributed by atoms with Crippen LogP contribution in [0.5, 0.6) is 0 Å². The molecule has 2 rings (SSSR count). The van der Waals surface area contributed by atoms with E-state index in [-0.39, 0.29) is 0 Å². The van der Waals surface area contributed by atoms with Crippen molar-refractivity contribution in [3.8, 4) is 0 Å². The molecule has 0 spiro atoms. The lowest BCUT2D eigenvalue weighted by atomic mass is 9.98. The quantitative estimate of drug-likeness (QED) is 0.675. The predicted molar refractivity (Wildman–Crippen MR) is 73.6 cm³/mol. The first kappa shape index (κ1) is 13.2. The van der Waals surface area contributed by atoms with Crippen molar-refractivity contribution in [1.29, 1.82) is 0 Å². The van der Waals surface area contributed by atoms with Crippen LogP contribution in [-0.2, 0) is 4.79 Å². The van der Waals surface area contributed by atoms with E-state index in [1.165, 1.54) is 0 Å². The second kappa shape index (κ2) is 5.17. The van der Waals surface area contributed by atoms with Gasteiger partial charge < -0.3 is 22.1 Å². The maximum Gasteiger partial charge on any atom is 0.250 e. The van der Waals surface area contributed by atoms with Gasteiger partial charge in [0.05, 0.1) is 16.9 Å². The number of rotatable bonds is 3. The highest BCUT2D eigenvalue weighted by molar-refractivity contribution is 6.02. The molecule has 0 aliphatic carbocycles. The topological polar surface area (TPSA) is 115 Å². The summed E-state index contributed by atoms with van der Waals surface area (Å²) in [4.78, 5) is 24.9. The van der Waals surface area contributed by atoms with E-state index in [9.17, 15) is 9.59 Å². The Morgan fingerprint density at radius 1 is 1.21 bits per heavy atom. The maximum atomic E-state index is 11.6. The number of anilines is 2. The van der Waals surface area contributed by atoms with Gasteiger partial charge in [-0.15, -0.1) is 0 Å². The number of para-hydroxylation sites is 1. The minimum Gasteiger partial charge on any atom is -0.397 e. The number of carbonyl (C=O) groups excluding carboxylic acids is 2. The SMILES string of the molecule is NC(=O)c1cccc(N)c1N1CCCCC1C(N)=O. The van der Waals surface area contributed by atoms with Crippen LogP contribution in [-0.4, -0.2) is 24.4 Å². The molecule has 1 aliphatic rings. The molecule has 1 aliphatic heterocycles. The van der Waals surface area contributed by atoms with Gasteiger partial charge in [-0.2, -0.15) is 0 Å². The fourth-order valence-corrected chi connectivity index (χ4v) is 2.58. The van der Waals surface area contributed by atoms with Crippen molar-refractivity contribution in [3.63, 3.8) is 0 Å². The number of primary amides is 2. The zero-order chi connectivity index (χ0) is 14.0. The molecule has 1 atom stereocenters. The highest BCUT2D eigenvalue weighted by atomic mass is 16.1. The zero-order valence-corrected chi connectivity index (χ0v) is 10.6. The Kier molecular flexibility index (Phi) is 3.59. The largest absolute Gasteiger partial charge is 0.397 e.